The van der Waals surface area contributed by atoms with Crippen LogP contribution in [0, 0.1) is 6.92 Å². The summed E-state index contributed by atoms with van der Waals surface area (Å²) in [6.45, 7) is 1.88. The van der Waals surface area contributed by atoms with Crippen molar-refractivity contribution in [3.05, 3.63) is 63.4 Å². The van der Waals surface area contributed by atoms with Gasteiger partial charge in [-0.15, -0.1) is 18.3 Å². The Kier molecular flexibility index (Phi) is 12.1. The number of aromatic nitrogens is 3. The van der Waals surface area contributed by atoms with Crippen molar-refractivity contribution in [3.63, 3.8) is 0 Å². The Labute approximate surface area is 248 Å². The Morgan fingerprint density at radius 2 is 1.77 bits per heavy atom. The third-order valence-corrected chi connectivity index (χ3v) is 5.23. The van der Waals surface area contributed by atoms with Crippen LogP contribution in [0.5, 0.6) is 5.88 Å². The van der Waals surface area contributed by atoms with Gasteiger partial charge >= 0.3 is 18.8 Å². The molecule has 234 valence electrons. The summed E-state index contributed by atoms with van der Waals surface area (Å²) in [6, 6.07) is 5.92. The number of methoxy groups -OCH3 is 1. The van der Waals surface area contributed by atoms with Crippen molar-refractivity contribution >= 4 is 47.2 Å². The van der Waals surface area contributed by atoms with E-state index in [1.165, 1.54) is 51.5 Å². The number of aryl methyl sites for hydroxylation is 1. The minimum Gasteiger partial charge on any atom is -0.471 e. The predicted molar refractivity (Wildman–Crippen MR) is 138 cm³/mol. The van der Waals surface area contributed by atoms with Crippen LogP contribution in [-0.4, -0.2) is 66.0 Å². The summed E-state index contributed by atoms with van der Waals surface area (Å²) < 4.78 is 89.5. The number of rotatable bonds is 10. The number of carbonyl (C=O) groups excluding carboxylic acids is 3. The number of hydrogen-bond acceptors (Lipinski definition) is 9. The maximum atomic E-state index is 14.0. The van der Waals surface area contributed by atoms with Gasteiger partial charge in [-0.3, -0.25) is 19.8 Å². The first-order valence-electron chi connectivity index (χ1n) is 11.3. The van der Waals surface area contributed by atoms with Gasteiger partial charge in [0.25, 0.3) is 18.3 Å². The SMILES string of the molecule is CNNC(=O)c1cc(Cl)cc(C)c1NC(=O)c1cc(OC(F)(F)C(F)OC(F)(F)F)nn1-c1ncccc1Cl.COC=O. The Morgan fingerprint density at radius 3 is 2.33 bits per heavy atom. The first kappa shape index (κ1) is 35.1. The van der Waals surface area contributed by atoms with Crippen molar-refractivity contribution < 1.29 is 54.9 Å². The molecule has 0 bridgehead atoms. The van der Waals surface area contributed by atoms with Crippen LogP contribution in [0.25, 0.3) is 5.82 Å². The van der Waals surface area contributed by atoms with Crippen LogP contribution in [-0.2, 0) is 14.3 Å². The number of hydrazine groups is 1. The zero-order chi connectivity index (χ0) is 32.5. The van der Waals surface area contributed by atoms with Crippen LogP contribution in [0.15, 0.2) is 36.5 Å². The molecule has 3 aromatic rings. The van der Waals surface area contributed by atoms with E-state index in [1.807, 2.05) is 0 Å². The molecule has 0 aliphatic rings. The fourth-order valence-corrected chi connectivity index (χ4v) is 3.56. The molecule has 0 fully saturated rings. The standard InChI is InChI=1S/C21H16Cl2F6N6O4.C2H4O2/c1-9-6-10(22)7-11(17(36)33-30-2)15(9)32-18(37)13-8-14(34-35(13)16-12(23)4-3-5-31-16)38-20(25,26)19(24)39-21(27,28)29;1-4-2-3/h3-8,19,30H,1-2H3,(H,32,37)(H,33,36);2H,1H3. The lowest BCUT2D eigenvalue weighted by atomic mass is 10.1. The van der Waals surface area contributed by atoms with Gasteiger partial charge in [-0.05, 0) is 36.8 Å². The summed E-state index contributed by atoms with van der Waals surface area (Å²) in [6.07, 6.45) is -14.0. The summed E-state index contributed by atoms with van der Waals surface area (Å²) in [5.74, 6) is -3.27. The van der Waals surface area contributed by atoms with Crippen LogP contribution < -0.4 is 20.9 Å². The molecule has 12 nitrogen and oxygen atoms in total. The maximum Gasteiger partial charge on any atom is 0.525 e. The third kappa shape index (κ3) is 9.70. The predicted octanol–water partition coefficient (Wildman–Crippen LogP) is 4.59. The van der Waals surface area contributed by atoms with E-state index < -0.39 is 42.2 Å². The molecule has 0 aliphatic carbocycles. The Hall–Kier alpha value is -4.13. The van der Waals surface area contributed by atoms with E-state index in [1.54, 1.807) is 0 Å². The molecule has 1 aromatic carbocycles. The normalized spacial score (nSPS) is 12.0. The minimum atomic E-state index is -5.74. The number of anilines is 1. The van der Waals surface area contributed by atoms with Gasteiger partial charge in [-0.25, -0.2) is 24.2 Å². The number of amides is 2. The van der Waals surface area contributed by atoms with Crippen LogP contribution in [0.1, 0.15) is 26.4 Å². The topological polar surface area (TPSA) is 146 Å². The molecule has 1 atom stereocenters. The molecule has 0 spiro atoms. The number of nitrogens with zero attached hydrogens (tertiary/aromatic N) is 3. The molecule has 0 radical (unpaired) electrons. The molecule has 0 saturated carbocycles. The Balaban J connectivity index is 0.00000151. The van der Waals surface area contributed by atoms with Crippen molar-refractivity contribution in [2.24, 2.45) is 0 Å². The van der Waals surface area contributed by atoms with Gasteiger partial charge in [-0.1, -0.05) is 23.2 Å². The minimum absolute atomic E-state index is 0.0489. The molecule has 3 N–H and O–H groups in total. The molecule has 0 saturated heterocycles. The summed E-state index contributed by atoms with van der Waals surface area (Å²) >= 11 is 12.1. The Bertz CT molecular complexity index is 1460. The molecule has 0 aliphatic heterocycles. The average Bonchev–Trinajstić information content (AvgIpc) is 3.32. The van der Waals surface area contributed by atoms with Crippen molar-refractivity contribution in [1.82, 2.24) is 25.6 Å². The fourth-order valence-electron chi connectivity index (χ4n) is 3.08. The second-order valence-electron chi connectivity index (χ2n) is 7.77. The summed E-state index contributed by atoms with van der Waals surface area (Å²) in [5, 5.41) is 6.02. The first-order chi connectivity index (χ1) is 20.0. The molecule has 20 heteroatoms. The van der Waals surface area contributed by atoms with E-state index in [-0.39, 0.29) is 27.1 Å². The average molecular weight is 661 g/mol. The molecule has 43 heavy (non-hydrogen) atoms. The number of nitrogens with one attached hydrogen (secondary N) is 3. The molecular formula is C23H20Cl2F6N6O6. The van der Waals surface area contributed by atoms with Gasteiger partial charge in [0.1, 0.15) is 5.69 Å². The highest BCUT2D eigenvalue weighted by Crippen LogP contribution is 2.33. The van der Waals surface area contributed by atoms with Crippen LogP contribution in [0.4, 0.5) is 32.0 Å². The second kappa shape index (κ2) is 14.9. The zero-order valence-electron chi connectivity index (χ0n) is 21.9. The Morgan fingerprint density at radius 1 is 1.12 bits per heavy atom. The molecule has 2 amide bonds. The van der Waals surface area contributed by atoms with Gasteiger partial charge in [0.2, 0.25) is 5.88 Å². The van der Waals surface area contributed by atoms with Crippen LogP contribution in [0.2, 0.25) is 10.0 Å². The summed E-state index contributed by atoms with van der Waals surface area (Å²) in [4.78, 5) is 38.6. The van der Waals surface area contributed by atoms with E-state index >= 15 is 0 Å². The third-order valence-electron chi connectivity index (χ3n) is 4.72. The number of benzene rings is 1. The second-order valence-corrected chi connectivity index (χ2v) is 8.61. The molecule has 3 rings (SSSR count). The lowest BCUT2D eigenvalue weighted by Crippen LogP contribution is -2.41. The lowest BCUT2D eigenvalue weighted by Gasteiger charge is -2.20. The van der Waals surface area contributed by atoms with Gasteiger partial charge < -0.3 is 14.8 Å². The molecule has 2 heterocycles. The van der Waals surface area contributed by atoms with Gasteiger partial charge in [0.05, 0.1) is 23.4 Å². The van der Waals surface area contributed by atoms with Crippen LogP contribution >= 0.6 is 23.2 Å². The highest BCUT2D eigenvalue weighted by Gasteiger charge is 2.51. The molecule has 1 unspecified atom stereocenters. The highest BCUT2D eigenvalue weighted by molar-refractivity contribution is 6.32. The van der Waals surface area contributed by atoms with E-state index in [9.17, 15) is 35.9 Å². The maximum absolute atomic E-state index is 14.0. The monoisotopic (exact) mass is 660 g/mol. The van der Waals surface area contributed by atoms with Crippen molar-refractivity contribution in [3.8, 4) is 11.7 Å². The fraction of sp³-hybridized carbons (Fsp3) is 0.261. The number of halogens is 8. The first-order valence-corrected chi connectivity index (χ1v) is 12.0. The van der Waals surface area contributed by atoms with Crippen LogP contribution in [0.3, 0.4) is 0 Å². The van der Waals surface area contributed by atoms with E-state index in [2.05, 4.69) is 40.5 Å². The largest absolute Gasteiger partial charge is 0.525 e. The van der Waals surface area contributed by atoms with Gasteiger partial charge in [0.15, 0.2) is 5.82 Å². The number of alkyl halides is 6. The number of pyridine rings is 1. The zero-order valence-corrected chi connectivity index (χ0v) is 23.4. The summed E-state index contributed by atoms with van der Waals surface area (Å²) in [5.41, 5.74) is 4.28. The quantitative estimate of drug-likeness (QED) is 0.161. The number of hydrogen-bond donors (Lipinski definition) is 3. The lowest BCUT2D eigenvalue weighted by molar-refractivity contribution is -0.411. The summed E-state index contributed by atoms with van der Waals surface area (Å²) in [7, 11) is 2.72. The number of carbonyl (C=O) groups is 3. The smallest absolute Gasteiger partial charge is 0.471 e. The van der Waals surface area contributed by atoms with Gasteiger partial charge in [-0.2, -0.15) is 8.78 Å². The molecule has 2 aromatic heterocycles. The van der Waals surface area contributed by atoms with E-state index in [0.717, 1.165) is 0 Å². The van der Waals surface area contributed by atoms with Crippen molar-refractivity contribution in [2.75, 3.05) is 19.5 Å². The van der Waals surface area contributed by atoms with E-state index in [0.29, 0.717) is 22.8 Å². The van der Waals surface area contributed by atoms with E-state index in [4.69, 9.17) is 28.0 Å². The number of ether oxygens (including phenoxy) is 3. The van der Waals surface area contributed by atoms with Crippen molar-refractivity contribution in [2.45, 2.75) is 25.8 Å². The van der Waals surface area contributed by atoms with Gasteiger partial charge in [0, 0.05) is 24.3 Å². The van der Waals surface area contributed by atoms with Crippen molar-refractivity contribution in [1.29, 1.82) is 0 Å². The highest BCUT2D eigenvalue weighted by atomic mass is 35.5. The molecular weight excluding hydrogens is 641 g/mol.